The lowest BCUT2D eigenvalue weighted by molar-refractivity contribution is 0.625. The van der Waals surface area contributed by atoms with Gasteiger partial charge in [0.1, 0.15) is 5.82 Å². The van der Waals surface area contributed by atoms with Crippen molar-refractivity contribution in [1.29, 1.82) is 0 Å². The molecule has 0 bridgehead atoms. The molecule has 0 N–H and O–H groups in total. The first-order chi connectivity index (χ1) is 12.5. The van der Waals surface area contributed by atoms with Crippen molar-refractivity contribution in [3.8, 4) is 11.3 Å². The Balaban J connectivity index is 2.13. The number of hydrogen-bond donors (Lipinski definition) is 0. The summed E-state index contributed by atoms with van der Waals surface area (Å²) in [4.78, 5) is 5.45. The van der Waals surface area contributed by atoms with Crippen LogP contribution >= 0.6 is 11.3 Å². The van der Waals surface area contributed by atoms with E-state index in [1.54, 1.807) is 29.1 Å². The monoisotopic (exact) mass is 367 g/mol. The minimum Gasteiger partial charge on any atom is -0.255 e. The molecule has 0 radical (unpaired) electrons. The predicted octanol–water partition coefficient (Wildman–Crippen LogP) is 5.16. The van der Waals surface area contributed by atoms with Crippen LogP contribution in [0.2, 0.25) is 0 Å². The molecule has 2 aromatic carbocycles. The minimum atomic E-state index is -0.290. The van der Waals surface area contributed by atoms with Crippen LogP contribution in [-0.2, 0) is 0 Å². The van der Waals surface area contributed by atoms with Crippen LogP contribution in [0.5, 0.6) is 0 Å². The second kappa shape index (κ2) is 7.79. The first-order valence-electron chi connectivity index (χ1n) is 8.56. The van der Waals surface area contributed by atoms with Crippen molar-refractivity contribution in [1.82, 2.24) is 4.68 Å². The molecular weight excluding hydrogens is 345 g/mol. The molecule has 3 rings (SSSR count). The zero-order valence-corrected chi connectivity index (χ0v) is 16.2. The number of hydrogen-bond acceptors (Lipinski definition) is 3. The summed E-state index contributed by atoms with van der Waals surface area (Å²) in [6, 6.07) is 13.1. The van der Waals surface area contributed by atoms with Crippen molar-refractivity contribution in [2.45, 2.75) is 33.7 Å². The number of thiazole rings is 1. The molecule has 0 spiro atoms. The van der Waals surface area contributed by atoms with Crippen LogP contribution in [-0.4, -0.2) is 16.9 Å². The van der Waals surface area contributed by atoms with E-state index in [1.165, 1.54) is 28.5 Å². The normalized spacial score (nSPS) is 12.5. The number of aryl methyl sites for hydroxylation is 2. The highest BCUT2D eigenvalue weighted by atomic mass is 32.1. The highest BCUT2D eigenvalue weighted by Gasteiger charge is 2.09. The highest BCUT2D eigenvalue weighted by molar-refractivity contribution is 7.07. The van der Waals surface area contributed by atoms with Crippen molar-refractivity contribution in [3.63, 3.8) is 0 Å². The van der Waals surface area contributed by atoms with Crippen molar-refractivity contribution < 1.29 is 4.39 Å². The summed E-state index contributed by atoms with van der Waals surface area (Å²) in [7, 11) is 0. The van der Waals surface area contributed by atoms with Crippen LogP contribution in [0.15, 0.2) is 57.9 Å². The van der Waals surface area contributed by atoms with E-state index < -0.39 is 0 Å². The lowest BCUT2D eigenvalue weighted by Crippen LogP contribution is -2.14. The molecule has 0 aliphatic heterocycles. The maximum atomic E-state index is 13.9. The molecule has 0 saturated carbocycles. The van der Waals surface area contributed by atoms with Gasteiger partial charge in [0.05, 0.1) is 11.9 Å². The molecular formula is C21H22FN3S. The van der Waals surface area contributed by atoms with Crippen LogP contribution in [0, 0.1) is 19.7 Å². The molecule has 1 heterocycles. The average Bonchev–Trinajstić information content (AvgIpc) is 2.98. The number of nitrogens with zero attached hydrogens (tertiary/aromatic N) is 3. The summed E-state index contributed by atoms with van der Waals surface area (Å²) < 4.78 is 15.7. The minimum absolute atomic E-state index is 0.149. The predicted molar refractivity (Wildman–Crippen MR) is 107 cm³/mol. The van der Waals surface area contributed by atoms with Gasteiger partial charge in [0, 0.05) is 22.5 Å². The van der Waals surface area contributed by atoms with Crippen molar-refractivity contribution in [2.24, 2.45) is 10.1 Å². The Morgan fingerprint density at radius 3 is 2.54 bits per heavy atom. The maximum Gasteiger partial charge on any atom is 0.206 e. The second-order valence-corrected chi connectivity index (χ2v) is 7.34. The highest BCUT2D eigenvalue weighted by Crippen LogP contribution is 2.23. The zero-order valence-electron chi connectivity index (χ0n) is 15.4. The standard InChI is InChI=1S/C21H22FN3S/c1-14(2)24-21-25(23-12-18-7-5-6-8-19(18)22)20(13-26-21)17-10-9-15(3)16(4)11-17/h5-14H,1-4H3. The third-order valence-electron chi connectivity index (χ3n) is 4.07. The first kappa shape index (κ1) is 18.3. The molecule has 0 fully saturated rings. The van der Waals surface area contributed by atoms with Gasteiger partial charge >= 0.3 is 0 Å². The summed E-state index contributed by atoms with van der Waals surface area (Å²) in [5, 5.41) is 6.59. The Morgan fingerprint density at radius 1 is 1.08 bits per heavy atom. The second-order valence-electron chi connectivity index (χ2n) is 6.50. The summed E-state index contributed by atoms with van der Waals surface area (Å²) in [6.45, 7) is 8.24. The van der Waals surface area contributed by atoms with Crippen LogP contribution in [0.3, 0.4) is 0 Å². The van der Waals surface area contributed by atoms with Crippen molar-refractivity contribution in [2.75, 3.05) is 0 Å². The van der Waals surface area contributed by atoms with Gasteiger partial charge in [-0.25, -0.2) is 9.07 Å². The smallest absolute Gasteiger partial charge is 0.206 e. The largest absolute Gasteiger partial charge is 0.255 e. The Labute approximate surface area is 157 Å². The molecule has 0 unspecified atom stereocenters. The van der Waals surface area contributed by atoms with Gasteiger partial charge in [-0.05, 0) is 51.0 Å². The third-order valence-corrected chi connectivity index (χ3v) is 4.90. The number of benzene rings is 2. The van der Waals surface area contributed by atoms with Crippen LogP contribution in [0.4, 0.5) is 4.39 Å². The molecule has 3 nitrogen and oxygen atoms in total. The molecule has 0 saturated heterocycles. The molecule has 5 heteroatoms. The third kappa shape index (κ3) is 3.99. The Bertz CT molecular complexity index is 1010. The first-order valence-corrected chi connectivity index (χ1v) is 9.44. The van der Waals surface area contributed by atoms with Crippen molar-refractivity contribution in [3.05, 3.63) is 75.2 Å². The molecule has 1 aromatic heterocycles. The Kier molecular flexibility index (Phi) is 5.47. The van der Waals surface area contributed by atoms with E-state index in [9.17, 15) is 4.39 Å². The van der Waals surface area contributed by atoms with Gasteiger partial charge in [-0.2, -0.15) is 5.10 Å². The summed E-state index contributed by atoms with van der Waals surface area (Å²) in [5.41, 5.74) is 4.94. The maximum absolute atomic E-state index is 13.9. The Hall–Kier alpha value is -2.53. The Morgan fingerprint density at radius 2 is 1.85 bits per heavy atom. The fraction of sp³-hybridized carbons (Fsp3) is 0.238. The van der Waals surface area contributed by atoms with Gasteiger partial charge in [-0.3, -0.25) is 4.99 Å². The average molecular weight is 367 g/mol. The van der Waals surface area contributed by atoms with Crippen LogP contribution in [0.25, 0.3) is 11.3 Å². The number of halogens is 1. The fourth-order valence-electron chi connectivity index (χ4n) is 2.52. The van der Waals surface area contributed by atoms with Gasteiger partial charge in [0.15, 0.2) is 0 Å². The zero-order chi connectivity index (χ0) is 18.7. The van der Waals surface area contributed by atoms with Gasteiger partial charge in [0.2, 0.25) is 4.80 Å². The summed E-state index contributed by atoms with van der Waals surface area (Å²) >= 11 is 1.54. The number of rotatable bonds is 4. The SMILES string of the molecule is Cc1ccc(-c2csc(=NC(C)C)n2N=Cc2ccccc2F)cc1C. The quantitative estimate of drug-likeness (QED) is 0.570. The lowest BCUT2D eigenvalue weighted by Gasteiger charge is -2.07. The molecule has 0 amide bonds. The van der Waals surface area contributed by atoms with E-state index in [2.05, 4.69) is 42.1 Å². The fourth-order valence-corrected chi connectivity index (χ4v) is 3.49. The van der Waals surface area contributed by atoms with E-state index >= 15 is 0 Å². The molecule has 26 heavy (non-hydrogen) atoms. The molecule has 0 aliphatic rings. The van der Waals surface area contributed by atoms with E-state index in [0.29, 0.717) is 5.56 Å². The molecule has 0 aliphatic carbocycles. The number of aromatic nitrogens is 1. The van der Waals surface area contributed by atoms with Gasteiger partial charge in [-0.1, -0.05) is 30.3 Å². The lowest BCUT2D eigenvalue weighted by atomic mass is 10.1. The molecule has 0 atom stereocenters. The van der Waals surface area contributed by atoms with Gasteiger partial charge in [0.25, 0.3) is 0 Å². The van der Waals surface area contributed by atoms with E-state index in [1.807, 2.05) is 19.2 Å². The van der Waals surface area contributed by atoms with E-state index in [0.717, 1.165) is 16.1 Å². The van der Waals surface area contributed by atoms with E-state index in [4.69, 9.17) is 0 Å². The van der Waals surface area contributed by atoms with Gasteiger partial charge in [-0.15, -0.1) is 11.3 Å². The summed E-state index contributed by atoms with van der Waals surface area (Å²) in [6.07, 6.45) is 1.55. The van der Waals surface area contributed by atoms with Crippen LogP contribution in [0.1, 0.15) is 30.5 Å². The van der Waals surface area contributed by atoms with E-state index in [-0.39, 0.29) is 11.9 Å². The van der Waals surface area contributed by atoms with Gasteiger partial charge < -0.3 is 0 Å². The van der Waals surface area contributed by atoms with Crippen LogP contribution < -0.4 is 4.80 Å². The topological polar surface area (TPSA) is 29.6 Å². The summed E-state index contributed by atoms with van der Waals surface area (Å²) in [5.74, 6) is -0.290. The molecule has 134 valence electrons. The molecule has 3 aromatic rings. The van der Waals surface area contributed by atoms with Crippen molar-refractivity contribution >= 4 is 17.6 Å².